The number of aryl methyl sites for hydroxylation is 1. The summed E-state index contributed by atoms with van der Waals surface area (Å²) in [6, 6.07) is 13.2. The van der Waals surface area contributed by atoms with E-state index in [2.05, 4.69) is 62.5 Å². The topological polar surface area (TPSA) is 38.0 Å². The fraction of sp³-hybridized carbons (Fsp3) is 0.412. The largest absolute Gasteiger partial charge is 0.326 e. The van der Waals surface area contributed by atoms with Gasteiger partial charge in [0.1, 0.15) is 0 Å². The Balaban J connectivity index is 1.96. The van der Waals surface area contributed by atoms with E-state index >= 15 is 0 Å². The van der Waals surface area contributed by atoms with Gasteiger partial charge >= 0.3 is 0 Å². The standard InChI is InChI=1S/C17H24N2/c1-13-4-6-16-11-14(5-7-15(16)10-13)12-19-9-8-17(2,3)18/h4-7,10-11,19H,8-9,12,18H2,1-3H3. The minimum atomic E-state index is -0.0894. The number of hydrogen-bond donors (Lipinski definition) is 2. The molecule has 0 spiro atoms. The molecule has 3 N–H and O–H groups in total. The van der Waals surface area contributed by atoms with Crippen LogP contribution >= 0.6 is 0 Å². The Bertz CT molecular complexity index is 553. The second-order valence-corrected chi connectivity index (χ2v) is 6.10. The highest BCUT2D eigenvalue weighted by molar-refractivity contribution is 5.83. The average molecular weight is 256 g/mol. The number of benzene rings is 2. The monoisotopic (exact) mass is 256 g/mol. The van der Waals surface area contributed by atoms with Gasteiger partial charge in [0.25, 0.3) is 0 Å². The van der Waals surface area contributed by atoms with Crippen molar-refractivity contribution in [2.75, 3.05) is 6.54 Å². The molecular formula is C17H24N2. The quantitative estimate of drug-likeness (QED) is 0.805. The maximum atomic E-state index is 5.96. The van der Waals surface area contributed by atoms with Crippen LogP contribution in [0.2, 0.25) is 0 Å². The third-order valence-electron chi connectivity index (χ3n) is 3.34. The van der Waals surface area contributed by atoms with E-state index in [0.29, 0.717) is 0 Å². The lowest BCUT2D eigenvalue weighted by molar-refractivity contribution is 0.455. The van der Waals surface area contributed by atoms with Crippen molar-refractivity contribution in [1.82, 2.24) is 5.32 Å². The Morgan fingerprint density at radius 1 is 1.05 bits per heavy atom. The van der Waals surface area contributed by atoms with Crippen LogP contribution in [-0.2, 0) is 6.54 Å². The Morgan fingerprint density at radius 3 is 2.47 bits per heavy atom. The molecular weight excluding hydrogens is 232 g/mol. The zero-order chi connectivity index (χ0) is 13.9. The maximum Gasteiger partial charge on any atom is 0.0205 e. The van der Waals surface area contributed by atoms with Crippen molar-refractivity contribution < 1.29 is 0 Å². The lowest BCUT2D eigenvalue weighted by Gasteiger charge is -2.18. The van der Waals surface area contributed by atoms with Gasteiger partial charge in [-0.15, -0.1) is 0 Å². The Kier molecular flexibility index (Phi) is 4.23. The van der Waals surface area contributed by atoms with Gasteiger partial charge in [0.05, 0.1) is 0 Å². The molecule has 0 radical (unpaired) electrons. The van der Waals surface area contributed by atoms with Crippen LogP contribution < -0.4 is 11.1 Å². The normalized spacial score (nSPS) is 12.0. The van der Waals surface area contributed by atoms with Crippen LogP contribution in [0.5, 0.6) is 0 Å². The summed E-state index contributed by atoms with van der Waals surface area (Å²) in [7, 11) is 0. The molecule has 2 aromatic rings. The zero-order valence-electron chi connectivity index (χ0n) is 12.2. The second kappa shape index (κ2) is 5.72. The van der Waals surface area contributed by atoms with Gasteiger partial charge in [-0.2, -0.15) is 0 Å². The fourth-order valence-corrected chi connectivity index (χ4v) is 2.17. The van der Waals surface area contributed by atoms with Crippen molar-refractivity contribution in [3.8, 4) is 0 Å². The molecule has 2 nitrogen and oxygen atoms in total. The molecule has 0 aliphatic rings. The fourth-order valence-electron chi connectivity index (χ4n) is 2.17. The van der Waals surface area contributed by atoms with Crippen LogP contribution in [0, 0.1) is 6.92 Å². The molecule has 0 aliphatic heterocycles. The number of nitrogens with one attached hydrogen (secondary N) is 1. The van der Waals surface area contributed by atoms with Crippen LogP contribution in [0.3, 0.4) is 0 Å². The first-order chi connectivity index (χ1) is 8.94. The third-order valence-corrected chi connectivity index (χ3v) is 3.34. The van der Waals surface area contributed by atoms with Crippen LogP contribution in [0.15, 0.2) is 36.4 Å². The predicted octanol–water partition coefficient (Wildman–Crippen LogP) is 3.37. The maximum absolute atomic E-state index is 5.96. The molecule has 0 bridgehead atoms. The molecule has 0 saturated carbocycles. The molecule has 0 atom stereocenters. The van der Waals surface area contributed by atoms with E-state index < -0.39 is 0 Å². The molecule has 0 fully saturated rings. The highest BCUT2D eigenvalue weighted by Gasteiger charge is 2.08. The third kappa shape index (κ3) is 4.34. The van der Waals surface area contributed by atoms with Crippen molar-refractivity contribution >= 4 is 10.8 Å². The first kappa shape index (κ1) is 14.0. The number of hydrogen-bond acceptors (Lipinski definition) is 2. The molecule has 2 rings (SSSR count). The van der Waals surface area contributed by atoms with E-state index in [1.807, 2.05) is 0 Å². The van der Waals surface area contributed by atoms with E-state index in [9.17, 15) is 0 Å². The molecule has 2 aromatic carbocycles. The van der Waals surface area contributed by atoms with Crippen molar-refractivity contribution in [3.63, 3.8) is 0 Å². The zero-order valence-corrected chi connectivity index (χ0v) is 12.2. The van der Waals surface area contributed by atoms with E-state index in [-0.39, 0.29) is 5.54 Å². The summed E-state index contributed by atoms with van der Waals surface area (Å²) in [4.78, 5) is 0. The predicted molar refractivity (Wildman–Crippen MR) is 83.3 cm³/mol. The Hall–Kier alpha value is -1.38. The molecule has 0 aromatic heterocycles. The van der Waals surface area contributed by atoms with Crippen molar-refractivity contribution in [2.24, 2.45) is 5.73 Å². The van der Waals surface area contributed by atoms with Gasteiger partial charge in [-0.1, -0.05) is 35.9 Å². The summed E-state index contributed by atoms with van der Waals surface area (Å²) < 4.78 is 0. The van der Waals surface area contributed by atoms with Crippen molar-refractivity contribution in [3.05, 3.63) is 47.5 Å². The lowest BCUT2D eigenvalue weighted by atomic mass is 10.0. The number of nitrogens with two attached hydrogens (primary N) is 1. The van der Waals surface area contributed by atoms with Gasteiger partial charge in [-0.3, -0.25) is 0 Å². The smallest absolute Gasteiger partial charge is 0.0205 e. The van der Waals surface area contributed by atoms with E-state index in [1.165, 1.54) is 21.9 Å². The lowest BCUT2D eigenvalue weighted by Crippen LogP contribution is -2.35. The highest BCUT2D eigenvalue weighted by Crippen LogP contribution is 2.17. The van der Waals surface area contributed by atoms with Gasteiger partial charge in [0.2, 0.25) is 0 Å². The molecule has 102 valence electrons. The number of fused-ring (bicyclic) bond motifs is 1. The Morgan fingerprint density at radius 2 is 1.74 bits per heavy atom. The molecule has 0 heterocycles. The van der Waals surface area contributed by atoms with Gasteiger partial charge in [-0.05, 0) is 56.1 Å². The summed E-state index contributed by atoms with van der Waals surface area (Å²) in [6.07, 6.45) is 0.986. The first-order valence-corrected chi connectivity index (χ1v) is 6.93. The molecule has 19 heavy (non-hydrogen) atoms. The molecule has 0 amide bonds. The van der Waals surface area contributed by atoms with Crippen molar-refractivity contribution in [2.45, 2.75) is 39.3 Å². The highest BCUT2D eigenvalue weighted by atomic mass is 14.9. The SMILES string of the molecule is Cc1ccc2cc(CNCCC(C)(C)N)ccc2c1. The van der Waals surface area contributed by atoms with E-state index in [0.717, 1.165) is 19.5 Å². The summed E-state index contributed by atoms with van der Waals surface area (Å²) in [5.74, 6) is 0. The molecule has 0 aliphatic carbocycles. The number of rotatable bonds is 5. The van der Waals surface area contributed by atoms with E-state index in [4.69, 9.17) is 5.73 Å². The van der Waals surface area contributed by atoms with E-state index in [1.54, 1.807) is 0 Å². The average Bonchev–Trinajstić information content (AvgIpc) is 2.33. The minimum absolute atomic E-state index is 0.0894. The van der Waals surface area contributed by atoms with Gasteiger partial charge < -0.3 is 11.1 Å². The Labute approximate surface area is 116 Å². The summed E-state index contributed by atoms with van der Waals surface area (Å²) in [5, 5.41) is 6.08. The van der Waals surface area contributed by atoms with Crippen LogP contribution in [0.4, 0.5) is 0 Å². The summed E-state index contributed by atoms with van der Waals surface area (Å²) in [6.45, 7) is 8.11. The summed E-state index contributed by atoms with van der Waals surface area (Å²) >= 11 is 0. The van der Waals surface area contributed by atoms with Crippen LogP contribution in [-0.4, -0.2) is 12.1 Å². The van der Waals surface area contributed by atoms with Gasteiger partial charge in [0, 0.05) is 12.1 Å². The summed E-state index contributed by atoms with van der Waals surface area (Å²) in [5.41, 5.74) is 8.51. The second-order valence-electron chi connectivity index (χ2n) is 6.10. The van der Waals surface area contributed by atoms with Crippen LogP contribution in [0.1, 0.15) is 31.4 Å². The van der Waals surface area contributed by atoms with Gasteiger partial charge in [0.15, 0.2) is 0 Å². The van der Waals surface area contributed by atoms with Crippen molar-refractivity contribution in [1.29, 1.82) is 0 Å². The van der Waals surface area contributed by atoms with Gasteiger partial charge in [-0.25, -0.2) is 0 Å². The minimum Gasteiger partial charge on any atom is -0.326 e. The van der Waals surface area contributed by atoms with Crippen LogP contribution in [0.25, 0.3) is 10.8 Å². The molecule has 2 heteroatoms. The molecule has 0 saturated heterocycles. The first-order valence-electron chi connectivity index (χ1n) is 6.93. The molecule has 0 unspecified atom stereocenters.